The lowest BCUT2D eigenvalue weighted by atomic mass is 10.1. The summed E-state index contributed by atoms with van der Waals surface area (Å²) in [5, 5.41) is 2.89. The number of ether oxygens (including phenoxy) is 1. The number of rotatable bonds is 5. The van der Waals surface area contributed by atoms with E-state index in [0.29, 0.717) is 12.4 Å². The van der Waals surface area contributed by atoms with Crippen molar-refractivity contribution in [2.24, 2.45) is 4.99 Å². The SMILES string of the molecule is CN/C=N\Cc1cc(Br)c(OC2Cc3ccccc3C2)nc1C. The molecule has 1 aliphatic carbocycles. The number of hydrogen-bond donors (Lipinski definition) is 1. The van der Waals surface area contributed by atoms with Crippen molar-refractivity contribution in [1.82, 2.24) is 10.3 Å². The van der Waals surface area contributed by atoms with Gasteiger partial charge in [0, 0.05) is 25.6 Å². The normalized spacial score (nSPS) is 14.2. The van der Waals surface area contributed by atoms with Crippen LogP contribution in [0.4, 0.5) is 0 Å². The zero-order valence-corrected chi connectivity index (χ0v) is 14.9. The van der Waals surface area contributed by atoms with Crippen molar-refractivity contribution in [2.75, 3.05) is 7.05 Å². The van der Waals surface area contributed by atoms with E-state index in [1.54, 1.807) is 6.34 Å². The molecule has 0 radical (unpaired) electrons. The molecule has 1 aliphatic rings. The lowest BCUT2D eigenvalue weighted by Gasteiger charge is -2.15. The van der Waals surface area contributed by atoms with Gasteiger partial charge in [0.1, 0.15) is 6.10 Å². The Labute approximate surface area is 145 Å². The monoisotopic (exact) mass is 373 g/mol. The highest BCUT2D eigenvalue weighted by Gasteiger charge is 2.23. The van der Waals surface area contributed by atoms with Crippen LogP contribution in [0.3, 0.4) is 0 Å². The van der Waals surface area contributed by atoms with Crippen LogP contribution in [0.2, 0.25) is 0 Å². The van der Waals surface area contributed by atoms with Gasteiger partial charge in [-0.15, -0.1) is 0 Å². The van der Waals surface area contributed by atoms with Crippen LogP contribution in [0.5, 0.6) is 5.88 Å². The average molecular weight is 374 g/mol. The van der Waals surface area contributed by atoms with Crippen molar-refractivity contribution in [3.63, 3.8) is 0 Å². The van der Waals surface area contributed by atoms with Gasteiger partial charge in [-0.05, 0) is 45.6 Å². The molecule has 5 heteroatoms. The summed E-state index contributed by atoms with van der Waals surface area (Å²) in [4.78, 5) is 8.90. The fourth-order valence-electron chi connectivity index (χ4n) is 2.83. The van der Waals surface area contributed by atoms with E-state index in [4.69, 9.17) is 4.74 Å². The lowest BCUT2D eigenvalue weighted by Crippen LogP contribution is -2.17. The summed E-state index contributed by atoms with van der Waals surface area (Å²) in [6.45, 7) is 2.60. The molecule has 1 heterocycles. The van der Waals surface area contributed by atoms with Crippen LogP contribution < -0.4 is 10.1 Å². The molecule has 0 unspecified atom stereocenters. The maximum absolute atomic E-state index is 6.14. The quantitative estimate of drug-likeness (QED) is 0.644. The number of halogens is 1. The lowest BCUT2D eigenvalue weighted by molar-refractivity contribution is 0.203. The van der Waals surface area contributed by atoms with Crippen LogP contribution in [0.1, 0.15) is 22.4 Å². The standard InChI is InChI=1S/C18H20BrN3O/c1-12-15(10-21-11-20-2)9-17(19)18(22-12)23-16-7-13-5-3-4-6-14(13)8-16/h3-6,9,11,16H,7-8,10H2,1-2H3,(H,20,21). The number of aromatic nitrogens is 1. The Kier molecular flexibility index (Phi) is 4.96. The van der Waals surface area contributed by atoms with Gasteiger partial charge in [0.2, 0.25) is 5.88 Å². The smallest absolute Gasteiger partial charge is 0.228 e. The molecule has 1 N–H and O–H groups in total. The average Bonchev–Trinajstić information content (AvgIpc) is 2.94. The first kappa shape index (κ1) is 16.0. The van der Waals surface area contributed by atoms with Crippen LogP contribution in [0.25, 0.3) is 0 Å². The summed E-state index contributed by atoms with van der Waals surface area (Å²) in [5.41, 5.74) is 4.80. The molecule has 0 aliphatic heterocycles. The van der Waals surface area contributed by atoms with Crippen molar-refractivity contribution >= 4 is 22.3 Å². The third kappa shape index (κ3) is 3.72. The summed E-state index contributed by atoms with van der Waals surface area (Å²) < 4.78 is 7.02. The molecule has 0 amide bonds. The van der Waals surface area contributed by atoms with Gasteiger partial charge in [0.05, 0.1) is 17.4 Å². The third-order valence-electron chi connectivity index (χ3n) is 4.01. The number of fused-ring (bicyclic) bond motifs is 1. The fourth-order valence-corrected chi connectivity index (χ4v) is 3.29. The maximum atomic E-state index is 6.14. The molecule has 0 bridgehead atoms. The zero-order valence-electron chi connectivity index (χ0n) is 13.3. The molecule has 0 fully saturated rings. The first-order valence-electron chi connectivity index (χ1n) is 7.72. The minimum absolute atomic E-state index is 0.156. The Morgan fingerprint density at radius 3 is 2.70 bits per heavy atom. The summed E-state index contributed by atoms with van der Waals surface area (Å²) in [5.74, 6) is 0.668. The number of hydrogen-bond acceptors (Lipinski definition) is 3. The Bertz CT molecular complexity index is 705. The largest absolute Gasteiger partial charge is 0.473 e. The van der Waals surface area contributed by atoms with E-state index in [1.165, 1.54) is 11.1 Å². The third-order valence-corrected chi connectivity index (χ3v) is 4.58. The Balaban J connectivity index is 1.72. The van der Waals surface area contributed by atoms with E-state index in [-0.39, 0.29) is 6.10 Å². The van der Waals surface area contributed by atoms with E-state index < -0.39 is 0 Å². The first-order valence-corrected chi connectivity index (χ1v) is 8.51. The Morgan fingerprint density at radius 2 is 2.04 bits per heavy atom. The molecule has 0 saturated carbocycles. The van der Waals surface area contributed by atoms with Crippen LogP contribution in [-0.2, 0) is 19.4 Å². The second kappa shape index (κ2) is 7.13. The minimum atomic E-state index is 0.156. The molecular formula is C18H20BrN3O. The highest BCUT2D eigenvalue weighted by molar-refractivity contribution is 9.10. The van der Waals surface area contributed by atoms with Gasteiger partial charge >= 0.3 is 0 Å². The Morgan fingerprint density at radius 1 is 1.35 bits per heavy atom. The van der Waals surface area contributed by atoms with E-state index >= 15 is 0 Å². The van der Waals surface area contributed by atoms with Crippen LogP contribution in [-0.4, -0.2) is 24.5 Å². The highest BCUT2D eigenvalue weighted by Crippen LogP contribution is 2.30. The molecule has 0 atom stereocenters. The van der Waals surface area contributed by atoms with Crippen molar-refractivity contribution in [3.8, 4) is 5.88 Å². The number of nitrogens with one attached hydrogen (secondary N) is 1. The van der Waals surface area contributed by atoms with E-state index in [0.717, 1.165) is 28.6 Å². The number of pyridine rings is 1. The molecule has 0 spiro atoms. The van der Waals surface area contributed by atoms with Crippen LogP contribution in [0.15, 0.2) is 39.8 Å². The summed E-state index contributed by atoms with van der Waals surface area (Å²) >= 11 is 3.58. The highest BCUT2D eigenvalue weighted by atomic mass is 79.9. The number of benzene rings is 1. The molecule has 2 aromatic rings. The van der Waals surface area contributed by atoms with Crippen LogP contribution in [0, 0.1) is 6.92 Å². The van der Waals surface area contributed by atoms with E-state index in [1.807, 2.05) is 20.0 Å². The molecule has 3 rings (SSSR count). The van der Waals surface area contributed by atoms with Gasteiger partial charge in [0.25, 0.3) is 0 Å². The van der Waals surface area contributed by atoms with E-state index in [2.05, 4.69) is 55.5 Å². The molecule has 0 saturated heterocycles. The molecular weight excluding hydrogens is 354 g/mol. The first-order chi connectivity index (χ1) is 11.2. The molecule has 120 valence electrons. The predicted octanol–water partition coefficient (Wildman–Crippen LogP) is 3.45. The zero-order chi connectivity index (χ0) is 16.2. The molecule has 1 aromatic heterocycles. The second-order valence-corrected chi connectivity index (χ2v) is 6.55. The van der Waals surface area contributed by atoms with Crippen LogP contribution >= 0.6 is 15.9 Å². The van der Waals surface area contributed by atoms with Gasteiger partial charge in [0.15, 0.2) is 0 Å². The van der Waals surface area contributed by atoms with Gasteiger partial charge in [-0.1, -0.05) is 24.3 Å². The summed E-state index contributed by atoms with van der Waals surface area (Å²) in [6.07, 6.45) is 3.73. The minimum Gasteiger partial charge on any atom is -0.473 e. The topological polar surface area (TPSA) is 46.5 Å². The maximum Gasteiger partial charge on any atom is 0.228 e. The second-order valence-electron chi connectivity index (χ2n) is 5.70. The van der Waals surface area contributed by atoms with Gasteiger partial charge < -0.3 is 10.1 Å². The van der Waals surface area contributed by atoms with Gasteiger partial charge in [-0.3, -0.25) is 4.99 Å². The van der Waals surface area contributed by atoms with Crippen molar-refractivity contribution < 1.29 is 4.74 Å². The van der Waals surface area contributed by atoms with Crippen molar-refractivity contribution in [2.45, 2.75) is 32.4 Å². The van der Waals surface area contributed by atoms with Gasteiger partial charge in [-0.2, -0.15) is 0 Å². The predicted molar refractivity (Wildman–Crippen MR) is 96.2 cm³/mol. The van der Waals surface area contributed by atoms with Gasteiger partial charge in [-0.25, -0.2) is 4.98 Å². The molecule has 23 heavy (non-hydrogen) atoms. The number of nitrogens with zero attached hydrogens (tertiary/aromatic N) is 2. The fraction of sp³-hybridized carbons (Fsp3) is 0.333. The van der Waals surface area contributed by atoms with Crippen molar-refractivity contribution in [3.05, 3.63) is 57.2 Å². The number of aliphatic imine (C=N–C) groups is 1. The number of aryl methyl sites for hydroxylation is 1. The van der Waals surface area contributed by atoms with Crippen molar-refractivity contribution in [1.29, 1.82) is 0 Å². The summed E-state index contributed by atoms with van der Waals surface area (Å²) in [7, 11) is 1.83. The Hall–Kier alpha value is -1.88. The summed E-state index contributed by atoms with van der Waals surface area (Å²) in [6, 6.07) is 10.6. The van der Waals surface area contributed by atoms with E-state index in [9.17, 15) is 0 Å². The molecule has 1 aromatic carbocycles. The molecule has 4 nitrogen and oxygen atoms in total.